The molecule has 14 heteroatoms. The highest BCUT2D eigenvalue weighted by Gasteiger charge is 2.19. The molecule has 3 aromatic rings. The molecule has 0 aliphatic carbocycles. The quantitative estimate of drug-likeness (QED) is 0.328. The van der Waals surface area contributed by atoms with E-state index < -0.39 is 48.2 Å². The molecule has 0 bridgehead atoms. The van der Waals surface area contributed by atoms with Crippen molar-refractivity contribution in [2.24, 2.45) is 14.1 Å². The summed E-state index contributed by atoms with van der Waals surface area (Å²) >= 11 is 0. The third kappa shape index (κ3) is 4.95. The van der Waals surface area contributed by atoms with Gasteiger partial charge in [-0.05, 0) is 18.2 Å². The highest BCUT2D eigenvalue weighted by atomic mass is 16.5. The molecule has 0 spiro atoms. The number of imidazole rings is 1. The van der Waals surface area contributed by atoms with E-state index in [1.54, 1.807) is 0 Å². The van der Waals surface area contributed by atoms with Gasteiger partial charge in [-0.15, -0.1) is 0 Å². The van der Waals surface area contributed by atoms with Gasteiger partial charge >= 0.3 is 23.6 Å². The molecular weight excluding hydrogens is 466 g/mol. The first-order valence-corrected chi connectivity index (χ1v) is 9.96. The fraction of sp³-hybridized carbons (Fsp3) is 0.286. The zero-order valence-corrected chi connectivity index (χ0v) is 19.2. The highest BCUT2D eigenvalue weighted by Crippen LogP contribution is 2.20. The van der Waals surface area contributed by atoms with E-state index in [0.717, 1.165) is 16.2 Å². The first kappa shape index (κ1) is 24.9. The molecule has 1 amide bonds. The summed E-state index contributed by atoms with van der Waals surface area (Å²) in [5, 5.41) is 2.38. The largest absolute Gasteiger partial charge is 0.465 e. The van der Waals surface area contributed by atoms with Crippen LogP contribution in [0.5, 0.6) is 0 Å². The van der Waals surface area contributed by atoms with Crippen molar-refractivity contribution in [2.75, 3.05) is 26.1 Å². The standard InChI is InChI=1S/C21H21N5O9/c1-24-17-16(18(29)25(2)21(24)32)26(10-22-17)8-15(28)35-9-14(27)23-13-7-11(19(30)33-3)5-6-12(13)20(31)34-4/h5-7,10H,8-9H2,1-4H3,(H,23,27). The molecule has 0 atom stereocenters. The van der Waals surface area contributed by atoms with E-state index in [2.05, 4.69) is 19.8 Å². The monoisotopic (exact) mass is 487 g/mol. The number of carbonyl (C=O) groups excluding carboxylic acids is 4. The van der Waals surface area contributed by atoms with Crippen molar-refractivity contribution in [2.45, 2.75) is 6.54 Å². The Morgan fingerprint density at radius 3 is 2.34 bits per heavy atom. The van der Waals surface area contributed by atoms with Crippen LogP contribution in [0.1, 0.15) is 20.7 Å². The Hall–Kier alpha value is -4.75. The van der Waals surface area contributed by atoms with E-state index in [0.29, 0.717) is 0 Å². The number of fused-ring (bicyclic) bond motifs is 1. The van der Waals surface area contributed by atoms with Crippen LogP contribution in [0.15, 0.2) is 34.1 Å². The molecule has 0 saturated heterocycles. The van der Waals surface area contributed by atoms with E-state index in [1.807, 2.05) is 0 Å². The number of rotatable bonds is 7. The number of nitrogens with zero attached hydrogens (tertiary/aromatic N) is 4. The number of ether oxygens (including phenoxy) is 3. The number of aryl methyl sites for hydroxylation is 1. The lowest BCUT2D eigenvalue weighted by molar-refractivity contribution is -0.147. The van der Waals surface area contributed by atoms with Crippen LogP contribution >= 0.6 is 0 Å². The van der Waals surface area contributed by atoms with Gasteiger partial charge < -0.3 is 24.1 Å². The maximum atomic E-state index is 12.4. The summed E-state index contributed by atoms with van der Waals surface area (Å²) in [7, 11) is 5.05. The van der Waals surface area contributed by atoms with Gasteiger partial charge in [0.15, 0.2) is 17.8 Å². The van der Waals surface area contributed by atoms with Gasteiger partial charge in [-0.3, -0.25) is 23.5 Å². The van der Waals surface area contributed by atoms with Gasteiger partial charge in [-0.1, -0.05) is 0 Å². The number of aromatic nitrogens is 4. The highest BCUT2D eigenvalue weighted by molar-refractivity contribution is 6.04. The molecule has 2 aromatic heterocycles. The van der Waals surface area contributed by atoms with Crippen molar-refractivity contribution in [1.82, 2.24) is 18.7 Å². The molecule has 1 N–H and O–H groups in total. The molecule has 184 valence electrons. The van der Waals surface area contributed by atoms with Gasteiger partial charge in [0.2, 0.25) is 0 Å². The molecule has 1 aromatic carbocycles. The molecule has 2 heterocycles. The minimum Gasteiger partial charge on any atom is -0.465 e. The second kappa shape index (κ2) is 10.0. The van der Waals surface area contributed by atoms with Gasteiger partial charge in [0, 0.05) is 14.1 Å². The fourth-order valence-electron chi connectivity index (χ4n) is 3.21. The second-order valence-corrected chi connectivity index (χ2v) is 7.20. The minimum absolute atomic E-state index is 0.0124. The average molecular weight is 487 g/mol. The minimum atomic E-state index is -0.869. The Morgan fingerprint density at radius 2 is 1.69 bits per heavy atom. The van der Waals surface area contributed by atoms with Crippen LogP contribution in [0.4, 0.5) is 5.69 Å². The van der Waals surface area contributed by atoms with Crippen LogP contribution in [-0.4, -0.2) is 63.3 Å². The SMILES string of the molecule is COC(=O)c1ccc(C(=O)OC)c(NC(=O)COC(=O)Cn2cnc3c2c(=O)n(C)c(=O)n3C)c1. The van der Waals surface area contributed by atoms with Crippen molar-refractivity contribution in [3.8, 4) is 0 Å². The second-order valence-electron chi connectivity index (χ2n) is 7.20. The number of esters is 3. The maximum absolute atomic E-state index is 12.4. The molecule has 0 fully saturated rings. The summed E-state index contributed by atoms with van der Waals surface area (Å²) in [5.41, 5.74) is -1.14. The topological polar surface area (TPSA) is 170 Å². The summed E-state index contributed by atoms with van der Waals surface area (Å²) in [6, 6.07) is 3.82. The smallest absolute Gasteiger partial charge is 0.339 e. The van der Waals surface area contributed by atoms with Gasteiger partial charge in [0.05, 0.1) is 37.4 Å². The Kier molecular flexibility index (Phi) is 7.13. The molecule has 0 unspecified atom stereocenters. The Bertz CT molecular complexity index is 1460. The Morgan fingerprint density at radius 1 is 1.00 bits per heavy atom. The first-order valence-electron chi connectivity index (χ1n) is 9.96. The zero-order valence-electron chi connectivity index (χ0n) is 19.2. The zero-order chi connectivity index (χ0) is 25.9. The van der Waals surface area contributed by atoms with E-state index in [9.17, 15) is 28.8 Å². The summed E-state index contributed by atoms with van der Waals surface area (Å²) < 4.78 is 17.5. The van der Waals surface area contributed by atoms with Crippen LogP contribution in [-0.2, 0) is 44.4 Å². The van der Waals surface area contributed by atoms with Gasteiger partial charge in [0.25, 0.3) is 11.5 Å². The number of carbonyl (C=O) groups is 4. The van der Waals surface area contributed by atoms with Crippen LogP contribution in [0, 0.1) is 0 Å². The molecule has 0 radical (unpaired) electrons. The van der Waals surface area contributed by atoms with Crippen molar-refractivity contribution in [3.05, 3.63) is 56.5 Å². The van der Waals surface area contributed by atoms with E-state index in [-0.39, 0.29) is 28.0 Å². The number of anilines is 1. The lowest BCUT2D eigenvalue weighted by atomic mass is 10.1. The third-order valence-electron chi connectivity index (χ3n) is 5.00. The van der Waals surface area contributed by atoms with E-state index in [1.165, 1.54) is 50.3 Å². The molecular formula is C21H21N5O9. The first-order chi connectivity index (χ1) is 16.6. The average Bonchev–Trinajstić information content (AvgIpc) is 3.27. The number of amides is 1. The van der Waals surface area contributed by atoms with E-state index >= 15 is 0 Å². The summed E-state index contributed by atoms with van der Waals surface area (Å²) in [6.07, 6.45) is 1.20. The number of nitrogens with one attached hydrogen (secondary N) is 1. The lowest BCUT2D eigenvalue weighted by Gasteiger charge is -2.12. The fourth-order valence-corrected chi connectivity index (χ4v) is 3.21. The molecule has 3 rings (SSSR count). The maximum Gasteiger partial charge on any atom is 0.339 e. The number of benzene rings is 1. The summed E-state index contributed by atoms with van der Waals surface area (Å²) in [6.45, 7) is -1.19. The van der Waals surface area contributed by atoms with E-state index in [4.69, 9.17) is 4.74 Å². The van der Waals surface area contributed by atoms with Crippen molar-refractivity contribution in [1.29, 1.82) is 0 Å². The van der Waals surface area contributed by atoms with Crippen molar-refractivity contribution >= 4 is 40.7 Å². The predicted molar refractivity (Wildman–Crippen MR) is 119 cm³/mol. The predicted octanol–water partition coefficient (Wildman–Crippen LogP) is -0.811. The molecule has 0 aliphatic rings. The number of methoxy groups -OCH3 is 2. The van der Waals surface area contributed by atoms with Crippen molar-refractivity contribution < 1.29 is 33.4 Å². The normalized spacial score (nSPS) is 10.6. The van der Waals surface area contributed by atoms with Crippen LogP contribution in [0.2, 0.25) is 0 Å². The molecule has 35 heavy (non-hydrogen) atoms. The lowest BCUT2D eigenvalue weighted by Crippen LogP contribution is -2.37. The summed E-state index contributed by atoms with van der Waals surface area (Å²) in [5.74, 6) is -3.14. The number of hydrogen-bond acceptors (Lipinski definition) is 10. The van der Waals surface area contributed by atoms with Gasteiger partial charge in [-0.25, -0.2) is 19.4 Å². The van der Waals surface area contributed by atoms with Crippen molar-refractivity contribution in [3.63, 3.8) is 0 Å². The molecule has 0 aliphatic heterocycles. The summed E-state index contributed by atoms with van der Waals surface area (Å²) in [4.78, 5) is 76.9. The Labute approximate surface area is 196 Å². The van der Waals surface area contributed by atoms with Crippen LogP contribution < -0.4 is 16.6 Å². The van der Waals surface area contributed by atoms with Gasteiger partial charge in [0.1, 0.15) is 6.54 Å². The van der Waals surface area contributed by atoms with Crippen LogP contribution in [0.3, 0.4) is 0 Å². The van der Waals surface area contributed by atoms with Gasteiger partial charge in [-0.2, -0.15) is 0 Å². The third-order valence-corrected chi connectivity index (χ3v) is 5.00. The number of hydrogen-bond donors (Lipinski definition) is 1. The molecule has 14 nitrogen and oxygen atoms in total. The van der Waals surface area contributed by atoms with Crippen LogP contribution in [0.25, 0.3) is 11.2 Å². The Balaban J connectivity index is 1.73. The molecule has 0 saturated carbocycles.